The first-order valence-electron chi connectivity index (χ1n) is 10.3. The lowest BCUT2D eigenvalue weighted by atomic mass is 9.90. The lowest BCUT2D eigenvalue weighted by Crippen LogP contribution is -2.44. The molecule has 2 aromatic rings. The fourth-order valence-electron chi connectivity index (χ4n) is 3.56. The average molecular weight is 473 g/mol. The van der Waals surface area contributed by atoms with Crippen molar-refractivity contribution in [2.45, 2.75) is 44.7 Å². The molecule has 0 saturated carbocycles. The third-order valence-electron chi connectivity index (χ3n) is 5.33. The Balaban J connectivity index is 1.65. The minimum atomic E-state index is -1.30. The van der Waals surface area contributed by atoms with E-state index >= 15 is 0 Å². The van der Waals surface area contributed by atoms with Gasteiger partial charge in [-0.15, -0.1) is 0 Å². The molecule has 3 rings (SSSR count). The van der Waals surface area contributed by atoms with Crippen LogP contribution in [-0.4, -0.2) is 65.3 Å². The summed E-state index contributed by atoms with van der Waals surface area (Å²) in [5.41, 5.74) is 5.99. The zero-order valence-electron chi connectivity index (χ0n) is 17.9. The number of allylic oxidation sites excluding steroid dienone is 2. The molecular weight excluding hydrogens is 450 g/mol. The molecule has 0 aliphatic heterocycles. The first-order valence-corrected chi connectivity index (χ1v) is 10.3. The average Bonchev–Trinajstić information content (AvgIpc) is 2.80. The summed E-state index contributed by atoms with van der Waals surface area (Å²) in [6.45, 7) is 0.0369. The molecule has 2 heterocycles. The number of nitrogen functional groups attached to an aromatic ring is 1. The molecule has 0 aromatic carbocycles. The van der Waals surface area contributed by atoms with E-state index in [9.17, 15) is 29.1 Å². The Bertz CT molecular complexity index is 1210. The number of anilines is 1. The molecular formula is C20H23N7O7. The Morgan fingerprint density at radius 2 is 2.09 bits per heavy atom. The number of nitrogens with one attached hydrogen (secondary N) is 2. The predicted molar refractivity (Wildman–Crippen MR) is 116 cm³/mol. The molecule has 14 nitrogen and oxygen atoms in total. The van der Waals surface area contributed by atoms with E-state index in [1.54, 1.807) is 6.08 Å². The zero-order chi connectivity index (χ0) is 24.8. The van der Waals surface area contributed by atoms with Crippen molar-refractivity contribution in [3.63, 3.8) is 0 Å². The normalized spacial score (nSPS) is 16.4. The summed E-state index contributed by atoms with van der Waals surface area (Å²) < 4.78 is 0. The summed E-state index contributed by atoms with van der Waals surface area (Å²) in [5, 5.41) is 20.3. The number of amides is 2. The van der Waals surface area contributed by atoms with Crippen LogP contribution in [0.5, 0.6) is 0 Å². The Hall–Kier alpha value is -4.36. The maximum Gasteiger partial charge on any atom is 0.326 e. The van der Waals surface area contributed by atoms with Crippen molar-refractivity contribution in [3.8, 4) is 0 Å². The highest BCUT2D eigenvalue weighted by atomic mass is 16.4. The molecule has 6 N–H and O–H groups in total. The SMILES string of the molecule is Nc1nc2ncc(CN(C=O)C3=CCC(C(=O)NC(CCC(=O)O)C(=O)O)CC3)nc2c(=O)[nH]1. The fraction of sp³-hybridized carbons (Fsp3) is 0.400. The van der Waals surface area contributed by atoms with Crippen molar-refractivity contribution < 1.29 is 29.4 Å². The molecule has 2 unspecified atom stereocenters. The first-order chi connectivity index (χ1) is 16.2. The van der Waals surface area contributed by atoms with Crippen molar-refractivity contribution in [1.29, 1.82) is 0 Å². The van der Waals surface area contributed by atoms with E-state index < -0.39 is 35.4 Å². The van der Waals surface area contributed by atoms with Crippen molar-refractivity contribution in [3.05, 3.63) is 34.0 Å². The second kappa shape index (κ2) is 10.5. The molecule has 1 aliphatic carbocycles. The second-order valence-electron chi connectivity index (χ2n) is 7.72. The van der Waals surface area contributed by atoms with E-state index in [0.717, 1.165) is 0 Å². The number of carboxylic acids is 2. The number of H-pyrrole nitrogens is 1. The molecule has 34 heavy (non-hydrogen) atoms. The van der Waals surface area contributed by atoms with Gasteiger partial charge in [-0.25, -0.2) is 14.8 Å². The minimum Gasteiger partial charge on any atom is -0.481 e. The van der Waals surface area contributed by atoms with E-state index in [2.05, 4.69) is 25.3 Å². The minimum absolute atomic E-state index is 0.0113. The topological polar surface area (TPSA) is 222 Å². The molecule has 180 valence electrons. The van der Waals surface area contributed by atoms with Gasteiger partial charge in [0.1, 0.15) is 6.04 Å². The number of hydrogen-bond acceptors (Lipinski definition) is 9. The van der Waals surface area contributed by atoms with Crippen molar-refractivity contribution in [2.75, 3.05) is 5.73 Å². The monoisotopic (exact) mass is 473 g/mol. The number of hydrogen-bond donors (Lipinski definition) is 5. The number of carbonyl (C=O) groups excluding carboxylic acids is 2. The molecule has 14 heteroatoms. The lowest BCUT2D eigenvalue weighted by Gasteiger charge is -2.27. The van der Waals surface area contributed by atoms with Gasteiger partial charge in [0.15, 0.2) is 11.2 Å². The Kier molecular flexibility index (Phi) is 7.50. The van der Waals surface area contributed by atoms with Crippen LogP contribution in [0.3, 0.4) is 0 Å². The third kappa shape index (κ3) is 5.90. The molecule has 0 fully saturated rings. The van der Waals surface area contributed by atoms with Crippen molar-refractivity contribution >= 4 is 41.4 Å². The number of carbonyl (C=O) groups is 4. The van der Waals surface area contributed by atoms with Crippen LogP contribution in [0, 0.1) is 5.92 Å². The smallest absolute Gasteiger partial charge is 0.326 e. The summed E-state index contributed by atoms with van der Waals surface area (Å²) in [5.74, 6) is -3.55. The van der Waals surface area contributed by atoms with E-state index in [-0.39, 0.29) is 42.9 Å². The molecule has 2 amide bonds. The molecule has 0 radical (unpaired) electrons. The van der Waals surface area contributed by atoms with Crippen LogP contribution >= 0.6 is 0 Å². The van der Waals surface area contributed by atoms with Crippen LogP contribution < -0.4 is 16.6 Å². The van der Waals surface area contributed by atoms with Crippen LogP contribution in [0.4, 0.5) is 5.95 Å². The molecule has 2 atom stereocenters. The van der Waals surface area contributed by atoms with Gasteiger partial charge in [-0.05, 0) is 25.7 Å². The summed E-state index contributed by atoms with van der Waals surface area (Å²) in [6, 6.07) is -1.29. The molecule has 0 saturated heterocycles. The quantitative estimate of drug-likeness (QED) is 0.273. The highest BCUT2D eigenvalue weighted by molar-refractivity contribution is 5.85. The number of aliphatic carboxylic acids is 2. The number of nitrogens with zero attached hydrogens (tertiary/aromatic N) is 4. The number of rotatable bonds is 10. The highest BCUT2D eigenvalue weighted by Gasteiger charge is 2.28. The molecule has 1 aliphatic rings. The summed E-state index contributed by atoms with van der Waals surface area (Å²) in [4.78, 5) is 74.1. The number of carboxylic acid groups (broad SMARTS) is 2. The van der Waals surface area contributed by atoms with Gasteiger partial charge in [-0.2, -0.15) is 4.98 Å². The van der Waals surface area contributed by atoms with E-state index in [4.69, 9.17) is 10.8 Å². The molecule has 0 bridgehead atoms. The lowest BCUT2D eigenvalue weighted by molar-refractivity contribution is -0.143. The second-order valence-corrected chi connectivity index (χ2v) is 7.72. The Morgan fingerprint density at radius 1 is 1.32 bits per heavy atom. The van der Waals surface area contributed by atoms with Gasteiger partial charge in [0.25, 0.3) is 5.56 Å². The van der Waals surface area contributed by atoms with Gasteiger partial charge in [-0.1, -0.05) is 6.08 Å². The van der Waals surface area contributed by atoms with Gasteiger partial charge in [0.2, 0.25) is 18.3 Å². The van der Waals surface area contributed by atoms with Crippen molar-refractivity contribution in [1.82, 2.24) is 30.2 Å². The fourth-order valence-corrected chi connectivity index (χ4v) is 3.56. The Labute approximate surface area is 191 Å². The van der Waals surface area contributed by atoms with Crippen LogP contribution in [-0.2, 0) is 25.7 Å². The van der Waals surface area contributed by atoms with E-state index in [1.165, 1.54) is 11.1 Å². The molecule has 0 spiro atoms. The van der Waals surface area contributed by atoms with Crippen LogP contribution in [0.2, 0.25) is 0 Å². The van der Waals surface area contributed by atoms with Crippen molar-refractivity contribution in [2.24, 2.45) is 5.92 Å². The number of aromatic amines is 1. The third-order valence-corrected chi connectivity index (χ3v) is 5.33. The van der Waals surface area contributed by atoms with Crippen LogP contribution in [0.25, 0.3) is 11.2 Å². The maximum absolute atomic E-state index is 12.5. The standard InChI is InChI=1S/C20H23N7O7/c21-20-25-16-15(18(32)26-20)23-11(7-22-16)8-27(9-28)12-3-1-10(2-4-12)17(31)24-13(19(33)34)5-6-14(29)30/h3,7,9-10,13H,1-2,4-6,8H2,(H,24,31)(H,29,30)(H,33,34)(H3,21,22,25,26,32). The van der Waals surface area contributed by atoms with E-state index in [1.807, 2.05) is 0 Å². The maximum atomic E-state index is 12.5. The number of nitrogens with two attached hydrogens (primary N) is 1. The number of fused-ring (bicyclic) bond motifs is 1. The largest absolute Gasteiger partial charge is 0.481 e. The molecule has 2 aromatic heterocycles. The van der Waals surface area contributed by atoms with Gasteiger partial charge < -0.3 is 26.2 Å². The van der Waals surface area contributed by atoms with Gasteiger partial charge >= 0.3 is 11.9 Å². The van der Waals surface area contributed by atoms with Gasteiger partial charge in [0.05, 0.1) is 18.4 Å². The summed E-state index contributed by atoms with van der Waals surface area (Å²) in [7, 11) is 0. The van der Waals surface area contributed by atoms with Crippen LogP contribution in [0.1, 0.15) is 37.8 Å². The Morgan fingerprint density at radius 3 is 2.71 bits per heavy atom. The van der Waals surface area contributed by atoms with Gasteiger partial charge in [-0.3, -0.25) is 24.2 Å². The van der Waals surface area contributed by atoms with E-state index in [0.29, 0.717) is 30.6 Å². The summed E-state index contributed by atoms with van der Waals surface area (Å²) >= 11 is 0. The summed E-state index contributed by atoms with van der Waals surface area (Å²) in [6.07, 6.45) is 4.09. The van der Waals surface area contributed by atoms with Crippen LogP contribution in [0.15, 0.2) is 22.8 Å². The first kappa shape index (κ1) is 24.3. The predicted octanol–water partition coefficient (Wildman–Crippen LogP) is -0.628. The zero-order valence-corrected chi connectivity index (χ0v) is 17.9. The van der Waals surface area contributed by atoms with Gasteiger partial charge in [0, 0.05) is 18.0 Å². The highest BCUT2D eigenvalue weighted by Crippen LogP contribution is 2.26. The number of aromatic nitrogens is 4.